The van der Waals surface area contributed by atoms with Crippen LogP contribution in [-0.2, 0) is 0 Å². The first-order valence-corrected chi connectivity index (χ1v) is 2.92. The zero-order valence-electron chi connectivity index (χ0n) is 2.56. The molecule has 0 radical (unpaired) electrons. The summed E-state index contributed by atoms with van der Waals surface area (Å²) in [6.07, 6.45) is 0.371. The first-order valence-electron chi connectivity index (χ1n) is 1.39. The van der Waals surface area contributed by atoms with Crippen LogP contribution in [0.4, 0.5) is 0 Å². The highest BCUT2D eigenvalue weighted by Crippen LogP contribution is 2.11. The lowest BCUT2D eigenvalue weighted by Crippen LogP contribution is -1.78. The van der Waals surface area contributed by atoms with E-state index in [1.807, 2.05) is 0 Å². The minimum Gasteiger partial charge on any atom is -0.162 e. The molecule has 0 aliphatic carbocycles. The van der Waals surface area contributed by atoms with Crippen molar-refractivity contribution in [2.75, 3.05) is 4.43 Å². The van der Waals surface area contributed by atoms with Crippen molar-refractivity contribution in [1.82, 2.24) is 0 Å². The Labute approximate surface area is 43.8 Å². The third-order valence-corrected chi connectivity index (χ3v) is 1.20. The molecule has 0 aromatic carbocycles. The monoisotopic (exact) mass is 182 g/mol. The van der Waals surface area contributed by atoms with E-state index in [1.54, 1.807) is 0 Å². The van der Waals surface area contributed by atoms with Gasteiger partial charge in [0, 0.05) is 4.43 Å². The van der Waals surface area contributed by atoms with Crippen molar-refractivity contribution < 1.29 is 0 Å². The van der Waals surface area contributed by atoms with E-state index in [0.29, 0.717) is 6.17 Å². The predicted molar refractivity (Wildman–Crippen MR) is 27.5 cm³/mol. The summed E-state index contributed by atoms with van der Waals surface area (Å²) in [7, 11) is 0. The van der Waals surface area contributed by atoms with Crippen LogP contribution in [0.2, 0.25) is 0 Å². The molecular weight excluding hydrogens is 179 g/mol. The van der Waals surface area contributed by atoms with Gasteiger partial charge in [-0.25, -0.2) is 0 Å². The van der Waals surface area contributed by atoms with Crippen molar-refractivity contribution in [3.8, 4) is 0 Å². The van der Waals surface area contributed by atoms with Crippen LogP contribution in [0.1, 0.15) is 0 Å². The summed E-state index contributed by atoms with van der Waals surface area (Å²) >= 11 is 2.25. The van der Waals surface area contributed by atoms with E-state index in [2.05, 4.69) is 32.8 Å². The Kier molecular flexibility index (Phi) is 0.843. The molecule has 0 bridgehead atoms. The van der Waals surface area contributed by atoms with Crippen molar-refractivity contribution in [2.45, 2.75) is 6.17 Å². The molecule has 1 aliphatic rings. The highest BCUT2D eigenvalue weighted by atomic mass is 127. The average Bonchev–Trinajstić information content (AvgIpc) is 2.12. The largest absolute Gasteiger partial charge is 0.189 e. The van der Waals surface area contributed by atoms with E-state index >= 15 is 0 Å². The Balaban J connectivity index is 2.06. The standard InChI is InChI=1S/C2H3IN2/c3-1-2-4-5-2/h2H,1H2. The molecule has 0 saturated heterocycles. The van der Waals surface area contributed by atoms with Crippen LogP contribution in [0.15, 0.2) is 10.2 Å². The average molecular weight is 182 g/mol. The fourth-order valence-electron chi connectivity index (χ4n) is 0.109. The lowest BCUT2D eigenvalue weighted by Gasteiger charge is -1.66. The molecule has 0 aromatic rings. The molecule has 0 N–H and O–H groups in total. The quantitative estimate of drug-likeness (QED) is 0.430. The second-order valence-corrected chi connectivity index (χ2v) is 1.75. The number of alkyl halides is 1. The molecule has 0 unspecified atom stereocenters. The third-order valence-electron chi connectivity index (χ3n) is 0.417. The first kappa shape index (κ1) is 3.52. The van der Waals surface area contributed by atoms with E-state index in [1.165, 1.54) is 0 Å². The minimum atomic E-state index is 0.371. The SMILES string of the molecule is ICC1N=N1. The Morgan fingerprint density at radius 1 is 1.60 bits per heavy atom. The molecule has 1 rings (SSSR count). The molecule has 28 valence electrons. The van der Waals surface area contributed by atoms with Crippen LogP contribution in [0, 0.1) is 0 Å². The van der Waals surface area contributed by atoms with Gasteiger partial charge in [-0.2, -0.15) is 10.2 Å². The Morgan fingerprint density at radius 2 is 2.20 bits per heavy atom. The summed E-state index contributed by atoms with van der Waals surface area (Å²) in [6.45, 7) is 0. The van der Waals surface area contributed by atoms with Crippen molar-refractivity contribution in [3.05, 3.63) is 0 Å². The van der Waals surface area contributed by atoms with Crippen LogP contribution < -0.4 is 0 Å². The minimum absolute atomic E-state index is 0.371. The van der Waals surface area contributed by atoms with E-state index in [4.69, 9.17) is 0 Å². The van der Waals surface area contributed by atoms with Gasteiger partial charge < -0.3 is 0 Å². The van der Waals surface area contributed by atoms with Gasteiger partial charge in [-0.1, -0.05) is 22.6 Å². The van der Waals surface area contributed by atoms with Crippen molar-refractivity contribution in [3.63, 3.8) is 0 Å². The molecule has 0 fully saturated rings. The van der Waals surface area contributed by atoms with Gasteiger partial charge >= 0.3 is 0 Å². The van der Waals surface area contributed by atoms with Crippen LogP contribution in [0.3, 0.4) is 0 Å². The van der Waals surface area contributed by atoms with Gasteiger partial charge in [0.2, 0.25) is 0 Å². The van der Waals surface area contributed by atoms with Crippen molar-refractivity contribution >= 4 is 22.6 Å². The highest BCUT2D eigenvalue weighted by molar-refractivity contribution is 14.1. The van der Waals surface area contributed by atoms with Gasteiger partial charge in [0.25, 0.3) is 0 Å². The summed E-state index contributed by atoms with van der Waals surface area (Å²) in [6, 6.07) is 0. The molecular formula is C2H3IN2. The van der Waals surface area contributed by atoms with Crippen LogP contribution in [0.5, 0.6) is 0 Å². The molecule has 1 aliphatic heterocycles. The molecule has 5 heavy (non-hydrogen) atoms. The second kappa shape index (κ2) is 1.20. The number of rotatable bonds is 1. The lowest BCUT2D eigenvalue weighted by atomic mass is 10.7. The fraction of sp³-hybridized carbons (Fsp3) is 1.00. The molecule has 2 nitrogen and oxygen atoms in total. The summed E-state index contributed by atoms with van der Waals surface area (Å²) in [5, 5.41) is 7.28. The van der Waals surface area contributed by atoms with E-state index in [0.717, 1.165) is 4.43 Å². The zero-order chi connectivity index (χ0) is 3.70. The molecule has 0 amide bonds. The van der Waals surface area contributed by atoms with Gasteiger partial charge in [-0.3, -0.25) is 0 Å². The van der Waals surface area contributed by atoms with Gasteiger partial charge in [0.05, 0.1) is 0 Å². The van der Waals surface area contributed by atoms with Gasteiger partial charge in [0.1, 0.15) is 0 Å². The Morgan fingerprint density at radius 3 is 2.20 bits per heavy atom. The van der Waals surface area contributed by atoms with Crippen molar-refractivity contribution in [1.29, 1.82) is 0 Å². The van der Waals surface area contributed by atoms with Gasteiger partial charge in [0.15, 0.2) is 6.17 Å². The maximum Gasteiger partial charge on any atom is 0.189 e. The molecule has 0 atom stereocenters. The smallest absolute Gasteiger partial charge is 0.162 e. The van der Waals surface area contributed by atoms with E-state index in [9.17, 15) is 0 Å². The van der Waals surface area contributed by atoms with Crippen molar-refractivity contribution in [2.24, 2.45) is 10.2 Å². The van der Waals surface area contributed by atoms with E-state index < -0.39 is 0 Å². The predicted octanol–water partition coefficient (Wildman–Crippen LogP) is 1.21. The molecule has 0 spiro atoms. The summed E-state index contributed by atoms with van der Waals surface area (Å²) < 4.78 is 1.05. The topological polar surface area (TPSA) is 24.7 Å². The Hall–Kier alpha value is 0.330. The normalized spacial score (nSPS) is 20.2. The maximum atomic E-state index is 3.64. The van der Waals surface area contributed by atoms with Crippen LogP contribution >= 0.6 is 22.6 Å². The third kappa shape index (κ3) is 0.827. The summed E-state index contributed by atoms with van der Waals surface area (Å²) in [4.78, 5) is 0. The molecule has 0 saturated carbocycles. The summed E-state index contributed by atoms with van der Waals surface area (Å²) in [5.74, 6) is 0. The summed E-state index contributed by atoms with van der Waals surface area (Å²) in [5.41, 5.74) is 0. The zero-order valence-corrected chi connectivity index (χ0v) is 4.71. The lowest BCUT2D eigenvalue weighted by molar-refractivity contribution is 1.11. The first-order chi connectivity index (χ1) is 2.43. The molecule has 3 heteroatoms. The second-order valence-electron chi connectivity index (χ2n) is 0.866. The van der Waals surface area contributed by atoms with Gasteiger partial charge in [-0.15, -0.1) is 0 Å². The molecule has 0 aromatic heterocycles. The number of hydrogen-bond acceptors (Lipinski definition) is 2. The number of hydrogen-bond donors (Lipinski definition) is 0. The van der Waals surface area contributed by atoms with Crippen LogP contribution in [-0.4, -0.2) is 10.6 Å². The maximum absolute atomic E-state index is 3.64. The van der Waals surface area contributed by atoms with Gasteiger partial charge in [-0.05, 0) is 0 Å². The Bertz CT molecular complexity index is 54.7. The highest BCUT2D eigenvalue weighted by Gasteiger charge is 2.10. The fourth-order valence-corrected chi connectivity index (χ4v) is 0.461. The number of nitrogens with zero attached hydrogens (tertiary/aromatic N) is 2. The number of halogens is 1. The van der Waals surface area contributed by atoms with E-state index in [-0.39, 0.29) is 0 Å². The molecule has 1 heterocycles. The van der Waals surface area contributed by atoms with Crippen LogP contribution in [0.25, 0.3) is 0 Å².